The normalized spacial score (nSPS) is 12.5. The van der Waals surface area contributed by atoms with E-state index in [2.05, 4.69) is 20.8 Å². The van der Waals surface area contributed by atoms with Crippen molar-refractivity contribution in [3.63, 3.8) is 0 Å². The van der Waals surface area contributed by atoms with Gasteiger partial charge in [-0.25, -0.2) is 0 Å². The Hall–Kier alpha value is 0. The first-order valence-corrected chi connectivity index (χ1v) is 15.8. The number of unbranched alkanes of at least 4 members (excludes halogenated alkanes) is 25. The van der Waals surface area contributed by atoms with Gasteiger partial charge < -0.3 is 0 Å². The van der Waals surface area contributed by atoms with E-state index >= 15 is 0 Å². The first-order valence-electron chi connectivity index (χ1n) is 15.8. The molecular formula is C32H66. The lowest BCUT2D eigenvalue weighted by Crippen LogP contribution is -1.91. The van der Waals surface area contributed by atoms with E-state index in [1.54, 1.807) is 0 Å². The first kappa shape index (κ1) is 32.0. The van der Waals surface area contributed by atoms with Gasteiger partial charge in [-0.1, -0.05) is 201 Å². The van der Waals surface area contributed by atoms with Crippen molar-refractivity contribution in [2.45, 2.75) is 201 Å². The summed E-state index contributed by atoms with van der Waals surface area (Å²) < 4.78 is 0. The average Bonchev–Trinajstić information content (AvgIpc) is 2.81. The highest BCUT2D eigenvalue weighted by Crippen LogP contribution is 2.17. The zero-order valence-electron chi connectivity index (χ0n) is 23.4. The van der Waals surface area contributed by atoms with Crippen LogP contribution in [-0.2, 0) is 0 Å². The van der Waals surface area contributed by atoms with Crippen molar-refractivity contribution in [3.8, 4) is 0 Å². The second-order valence-electron chi connectivity index (χ2n) is 11.1. The van der Waals surface area contributed by atoms with Crippen LogP contribution in [0.15, 0.2) is 0 Å². The Balaban J connectivity index is 3.01. The predicted molar refractivity (Wildman–Crippen MR) is 150 cm³/mol. The molecule has 194 valence electrons. The molecule has 0 N–H and O–H groups in total. The monoisotopic (exact) mass is 451 g/mol. The van der Waals surface area contributed by atoms with Crippen LogP contribution in [0.1, 0.15) is 201 Å². The molecule has 0 nitrogen and oxygen atoms in total. The van der Waals surface area contributed by atoms with E-state index in [0.717, 1.165) is 5.92 Å². The van der Waals surface area contributed by atoms with E-state index in [0.29, 0.717) is 0 Å². The van der Waals surface area contributed by atoms with Crippen LogP contribution < -0.4 is 0 Å². The Morgan fingerprint density at radius 3 is 0.750 bits per heavy atom. The highest BCUT2D eigenvalue weighted by Gasteiger charge is 1.99. The third-order valence-electron chi connectivity index (χ3n) is 7.75. The van der Waals surface area contributed by atoms with Gasteiger partial charge in [0.1, 0.15) is 0 Å². The molecule has 0 aromatic heterocycles. The summed E-state index contributed by atoms with van der Waals surface area (Å²) in [6.07, 6.45) is 41.4. The van der Waals surface area contributed by atoms with Gasteiger partial charge >= 0.3 is 0 Å². The van der Waals surface area contributed by atoms with Crippen molar-refractivity contribution in [3.05, 3.63) is 0 Å². The molecule has 0 radical (unpaired) electrons. The summed E-state index contributed by atoms with van der Waals surface area (Å²) in [6.45, 7) is 7.03. The molecule has 0 heterocycles. The topological polar surface area (TPSA) is 0 Å². The van der Waals surface area contributed by atoms with Crippen molar-refractivity contribution in [2.75, 3.05) is 0 Å². The SMILES string of the molecule is CCCCCCCCCCCCCCCCCCCCCCCCCCCC[C@H](C)CC. The Morgan fingerprint density at radius 1 is 0.312 bits per heavy atom. The molecule has 32 heavy (non-hydrogen) atoms. The van der Waals surface area contributed by atoms with Gasteiger partial charge in [0.25, 0.3) is 0 Å². The van der Waals surface area contributed by atoms with Crippen LogP contribution in [0.2, 0.25) is 0 Å². The fourth-order valence-electron chi connectivity index (χ4n) is 5.01. The van der Waals surface area contributed by atoms with Gasteiger partial charge in [-0.3, -0.25) is 0 Å². The quantitative estimate of drug-likeness (QED) is 0.104. The second-order valence-corrected chi connectivity index (χ2v) is 11.1. The Morgan fingerprint density at radius 2 is 0.531 bits per heavy atom. The van der Waals surface area contributed by atoms with Crippen molar-refractivity contribution < 1.29 is 0 Å². The zero-order valence-corrected chi connectivity index (χ0v) is 23.4. The summed E-state index contributed by atoms with van der Waals surface area (Å²) in [5, 5.41) is 0. The molecule has 0 aliphatic carbocycles. The highest BCUT2D eigenvalue weighted by molar-refractivity contribution is 4.53. The lowest BCUT2D eigenvalue weighted by Gasteiger charge is -2.07. The Bertz CT molecular complexity index is 307. The third kappa shape index (κ3) is 28.0. The van der Waals surface area contributed by atoms with E-state index in [4.69, 9.17) is 0 Å². The number of rotatable bonds is 28. The summed E-state index contributed by atoms with van der Waals surface area (Å²) in [7, 11) is 0. The molecule has 0 aromatic rings. The lowest BCUT2D eigenvalue weighted by molar-refractivity contribution is 0.468. The fraction of sp³-hybridized carbons (Fsp3) is 1.00. The molecule has 0 spiro atoms. The van der Waals surface area contributed by atoms with Crippen LogP contribution in [0.4, 0.5) is 0 Å². The summed E-state index contributed by atoms with van der Waals surface area (Å²) >= 11 is 0. The Kier molecular flexibility index (Phi) is 29.0. The molecule has 1 atom stereocenters. The summed E-state index contributed by atoms with van der Waals surface area (Å²) in [4.78, 5) is 0. The molecule has 0 saturated carbocycles. The fourth-order valence-corrected chi connectivity index (χ4v) is 5.01. The van der Waals surface area contributed by atoms with Gasteiger partial charge in [0.05, 0.1) is 0 Å². The predicted octanol–water partition coefficient (Wildman–Crippen LogP) is 12.6. The van der Waals surface area contributed by atoms with Crippen LogP contribution in [-0.4, -0.2) is 0 Å². The van der Waals surface area contributed by atoms with Gasteiger partial charge in [0, 0.05) is 0 Å². The second kappa shape index (κ2) is 29.0. The molecular weight excluding hydrogens is 384 g/mol. The third-order valence-corrected chi connectivity index (χ3v) is 7.75. The van der Waals surface area contributed by atoms with E-state index < -0.39 is 0 Å². The highest BCUT2D eigenvalue weighted by atomic mass is 14.0. The number of hydrogen-bond donors (Lipinski definition) is 0. The minimum Gasteiger partial charge on any atom is -0.0654 e. The molecule has 0 saturated heterocycles. The molecule has 0 heteroatoms. The molecule has 0 unspecified atom stereocenters. The lowest BCUT2D eigenvalue weighted by atomic mass is 9.99. The number of hydrogen-bond acceptors (Lipinski definition) is 0. The zero-order chi connectivity index (χ0) is 23.4. The molecule has 0 aliphatic rings. The van der Waals surface area contributed by atoms with E-state index in [1.165, 1.54) is 180 Å². The standard InChI is InChI=1S/C32H66/c1-4-6-7-8-9-10-11-12-13-14-15-16-17-18-19-20-21-22-23-24-25-26-27-28-29-30-31-32(3)5-2/h32H,4-31H2,1-3H3/t32-/m1/s1. The maximum atomic E-state index is 2.40. The molecule has 0 rings (SSSR count). The van der Waals surface area contributed by atoms with Gasteiger partial charge in [0.2, 0.25) is 0 Å². The maximum Gasteiger partial charge on any atom is -0.0445 e. The van der Waals surface area contributed by atoms with Gasteiger partial charge in [0.15, 0.2) is 0 Å². The van der Waals surface area contributed by atoms with Crippen LogP contribution in [0.25, 0.3) is 0 Å². The maximum absolute atomic E-state index is 2.40. The van der Waals surface area contributed by atoms with Gasteiger partial charge in [-0.2, -0.15) is 0 Å². The van der Waals surface area contributed by atoms with E-state index in [-0.39, 0.29) is 0 Å². The smallest absolute Gasteiger partial charge is 0.0445 e. The van der Waals surface area contributed by atoms with Gasteiger partial charge in [-0.05, 0) is 5.92 Å². The minimum absolute atomic E-state index is 0.948. The summed E-state index contributed by atoms with van der Waals surface area (Å²) in [5.74, 6) is 0.948. The molecule has 0 aliphatic heterocycles. The van der Waals surface area contributed by atoms with Crippen LogP contribution >= 0.6 is 0 Å². The minimum atomic E-state index is 0.948. The Labute approximate surface area is 206 Å². The largest absolute Gasteiger partial charge is 0.0654 e. The van der Waals surface area contributed by atoms with Gasteiger partial charge in [-0.15, -0.1) is 0 Å². The summed E-state index contributed by atoms with van der Waals surface area (Å²) in [6, 6.07) is 0. The molecule has 0 fully saturated rings. The van der Waals surface area contributed by atoms with E-state index in [1.807, 2.05) is 0 Å². The van der Waals surface area contributed by atoms with Crippen molar-refractivity contribution in [2.24, 2.45) is 5.92 Å². The van der Waals surface area contributed by atoms with E-state index in [9.17, 15) is 0 Å². The van der Waals surface area contributed by atoms with Crippen LogP contribution in [0.3, 0.4) is 0 Å². The van der Waals surface area contributed by atoms with Crippen LogP contribution in [0, 0.1) is 5.92 Å². The average molecular weight is 451 g/mol. The molecule has 0 amide bonds. The van der Waals surface area contributed by atoms with Crippen molar-refractivity contribution >= 4 is 0 Å². The molecule has 0 aromatic carbocycles. The van der Waals surface area contributed by atoms with Crippen LogP contribution in [0.5, 0.6) is 0 Å². The van der Waals surface area contributed by atoms with Crippen molar-refractivity contribution in [1.82, 2.24) is 0 Å². The van der Waals surface area contributed by atoms with Crippen molar-refractivity contribution in [1.29, 1.82) is 0 Å². The molecule has 0 bridgehead atoms. The summed E-state index contributed by atoms with van der Waals surface area (Å²) in [5.41, 5.74) is 0. The first-order chi connectivity index (χ1) is 15.8.